The van der Waals surface area contributed by atoms with E-state index in [9.17, 15) is 8.42 Å². The first kappa shape index (κ1) is 16.5. The van der Waals surface area contributed by atoms with Gasteiger partial charge in [0.2, 0.25) is 16.0 Å². The smallest absolute Gasteiger partial charge is 0.229 e. The van der Waals surface area contributed by atoms with Crippen molar-refractivity contribution in [2.45, 2.75) is 0 Å². The quantitative estimate of drug-likeness (QED) is 0.845. The number of benzene rings is 1. The largest absolute Gasteiger partial charge is 0.383 e. The van der Waals surface area contributed by atoms with Crippen LogP contribution in [0.4, 0.5) is 17.5 Å². The molecule has 2 heterocycles. The molecular formula is C15H19N5O3S. The van der Waals surface area contributed by atoms with Crippen LogP contribution in [0.3, 0.4) is 0 Å². The summed E-state index contributed by atoms with van der Waals surface area (Å²) in [5, 5.41) is 0. The molecule has 1 aromatic carbocycles. The second kappa shape index (κ2) is 6.62. The van der Waals surface area contributed by atoms with Gasteiger partial charge in [0, 0.05) is 30.5 Å². The van der Waals surface area contributed by atoms with Gasteiger partial charge in [-0.3, -0.25) is 4.72 Å². The second-order valence-electron chi connectivity index (χ2n) is 5.52. The zero-order chi connectivity index (χ0) is 17.2. The maximum Gasteiger partial charge on any atom is 0.229 e. The topological polar surface area (TPSA) is 110 Å². The van der Waals surface area contributed by atoms with E-state index in [0.29, 0.717) is 36.2 Å². The highest BCUT2D eigenvalue weighted by atomic mass is 32.2. The molecule has 1 aliphatic heterocycles. The molecule has 1 aromatic heterocycles. The van der Waals surface area contributed by atoms with Crippen LogP contribution in [-0.4, -0.2) is 50.9 Å². The van der Waals surface area contributed by atoms with Crippen molar-refractivity contribution in [3.05, 3.63) is 30.5 Å². The predicted molar refractivity (Wildman–Crippen MR) is 93.4 cm³/mol. The number of nitrogens with two attached hydrogens (primary N) is 1. The van der Waals surface area contributed by atoms with Crippen LogP contribution in [0.2, 0.25) is 0 Å². The molecule has 8 nitrogen and oxygen atoms in total. The number of nitrogens with one attached hydrogen (secondary N) is 1. The molecule has 0 unspecified atom stereocenters. The minimum atomic E-state index is -3.34. The summed E-state index contributed by atoms with van der Waals surface area (Å²) in [6.45, 7) is 2.74. The van der Waals surface area contributed by atoms with Crippen LogP contribution in [0.15, 0.2) is 30.5 Å². The van der Waals surface area contributed by atoms with Crippen molar-refractivity contribution in [2.75, 3.05) is 47.9 Å². The Balaban J connectivity index is 1.88. The highest BCUT2D eigenvalue weighted by Gasteiger charge is 2.16. The van der Waals surface area contributed by atoms with Crippen molar-refractivity contribution in [2.24, 2.45) is 0 Å². The average molecular weight is 349 g/mol. The third-order valence-corrected chi connectivity index (χ3v) is 4.18. The Hall–Kier alpha value is -2.39. The lowest BCUT2D eigenvalue weighted by Gasteiger charge is -2.27. The summed E-state index contributed by atoms with van der Waals surface area (Å²) in [4.78, 5) is 10.8. The van der Waals surface area contributed by atoms with E-state index in [4.69, 9.17) is 10.5 Å². The Morgan fingerprint density at radius 1 is 1.29 bits per heavy atom. The SMILES string of the molecule is CS(=O)(=O)Nc1cccc(-c2cnc(N3CCOCC3)nc2N)c1. The predicted octanol–water partition coefficient (Wildman–Crippen LogP) is 0.934. The zero-order valence-electron chi connectivity index (χ0n) is 13.3. The Bertz CT molecular complexity index is 835. The van der Waals surface area contributed by atoms with Gasteiger partial charge in [0.25, 0.3) is 0 Å². The standard InChI is InChI=1S/C15H19N5O3S/c1-24(21,22)19-12-4-2-3-11(9-12)13-10-17-15(18-14(13)16)20-5-7-23-8-6-20/h2-4,9-10,19H,5-8H2,1H3,(H2,16,17,18). The molecule has 0 aliphatic carbocycles. The number of nitrogen functional groups attached to an aromatic ring is 1. The van der Waals surface area contributed by atoms with Gasteiger partial charge >= 0.3 is 0 Å². The molecule has 0 atom stereocenters. The van der Waals surface area contributed by atoms with Crippen LogP contribution in [-0.2, 0) is 14.8 Å². The van der Waals surface area contributed by atoms with Crippen molar-refractivity contribution in [3.8, 4) is 11.1 Å². The number of sulfonamides is 1. The minimum Gasteiger partial charge on any atom is -0.383 e. The van der Waals surface area contributed by atoms with Crippen LogP contribution < -0.4 is 15.4 Å². The molecule has 2 aromatic rings. The van der Waals surface area contributed by atoms with Gasteiger partial charge in [0.05, 0.1) is 19.5 Å². The highest BCUT2D eigenvalue weighted by Crippen LogP contribution is 2.27. The van der Waals surface area contributed by atoms with Gasteiger partial charge in [0.1, 0.15) is 5.82 Å². The molecule has 9 heteroatoms. The first-order valence-electron chi connectivity index (χ1n) is 7.46. The van der Waals surface area contributed by atoms with E-state index in [1.165, 1.54) is 0 Å². The maximum atomic E-state index is 11.4. The van der Waals surface area contributed by atoms with Gasteiger partial charge in [-0.2, -0.15) is 4.98 Å². The highest BCUT2D eigenvalue weighted by molar-refractivity contribution is 7.92. The summed E-state index contributed by atoms with van der Waals surface area (Å²) >= 11 is 0. The summed E-state index contributed by atoms with van der Waals surface area (Å²) < 4.78 is 30.5. The van der Waals surface area contributed by atoms with Crippen LogP contribution in [0, 0.1) is 0 Å². The lowest BCUT2D eigenvalue weighted by molar-refractivity contribution is 0.122. The van der Waals surface area contributed by atoms with E-state index < -0.39 is 10.0 Å². The summed E-state index contributed by atoms with van der Waals surface area (Å²) in [6.07, 6.45) is 2.76. The van der Waals surface area contributed by atoms with Crippen LogP contribution in [0.25, 0.3) is 11.1 Å². The van der Waals surface area contributed by atoms with Gasteiger partial charge < -0.3 is 15.4 Å². The number of anilines is 3. The third-order valence-electron chi connectivity index (χ3n) is 3.58. The van der Waals surface area contributed by atoms with E-state index in [-0.39, 0.29) is 0 Å². The molecule has 3 N–H and O–H groups in total. The van der Waals surface area contributed by atoms with E-state index in [1.807, 2.05) is 11.0 Å². The number of hydrogen-bond acceptors (Lipinski definition) is 7. The number of rotatable bonds is 4. The molecule has 3 rings (SSSR count). The maximum absolute atomic E-state index is 11.4. The fraction of sp³-hybridized carbons (Fsp3) is 0.333. The van der Waals surface area contributed by atoms with Gasteiger partial charge in [-0.15, -0.1) is 0 Å². The fourth-order valence-electron chi connectivity index (χ4n) is 2.49. The first-order valence-corrected chi connectivity index (χ1v) is 9.35. The Morgan fingerprint density at radius 3 is 2.71 bits per heavy atom. The van der Waals surface area contributed by atoms with Crippen molar-refractivity contribution < 1.29 is 13.2 Å². The van der Waals surface area contributed by atoms with E-state index >= 15 is 0 Å². The van der Waals surface area contributed by atoms with E-state index in [2.05, 4.69) is 14.7 Å². The molecular weight excluding hydrogens is 330 g/mol. The Kier molecular flexibility index (Phi) is 4.54. The normalized spacial score (nSPS) is 15.3. The fourth-order valence-corrected chi connectivity index (χ4v) is 3.04. The number of ether oxygens (including phenoxy) is 1. The Labute approximate surface area is 140 Å². The molecule has 1 fully saturated rings. The van der Waals surface area contributed by atoms with Gasteiger partial charge in [-0.1, -0.05) is 12.1 Å². The molecule has 1 saturated heterocycles. The van der Waals surface area contributed by atoms with Gasteiger partial charge in [0.15, 0.2) is 0 Å². The molecule has 24 heavy (non-hydrogen) atoms. The average Bonchev–Trinajstić information content (AvgIpc) is 2.54. The number of nitrogens with zero attached hydrogens (tertiary/aromatic N) is 3. The molecule has 1 aliphatic rings. The number of aromatic nitrogens is 2. The second-order valence-corrected chi connectivity index (χ2v) is 7.27. The van der Waals surface area contributed by atoms with Crippen molar-refractivity contribution >= 4 is 27.5 Å². The van der Waals surface area contributed by atoms with Crippen LogP contribution in [0.5, 0.6) is 0 Å². The van der Waals surface area contributed by atoms with E-state index in [1.54, 1.807) is 24.4 Å². The monoisotopic (exact) mass is 349 g/mol. The number of morpholine rings is 1. The van der Waals surface area contributed by atoms with Crippen LogP contribution >= 0.6 is 0 Å². The zero-order valence-corrected chi connectivity index (χ0v) is 14.1. The van der Waals surface area contributed by atoms with Crippen molar-refractivity contribution in [1.29, 1.82) is 0 Å². The van der Waals surface area contributed by atoms with Crippen molar-refractivity contribution in [1.82, 2.24) is 9.97 Å². The lowest BCUT2D eigenvalue weighted by Crippen LogP contribution is -2.37. The summed E-state index contributed by atoms with van der Waals surface area (Å²) in [5.74, 6) is 0.924. The number of hydrogen-bond donors (Lipinski definition) is 2. The van der Waals surface area contributed by atoms with Gasteiger partial charge in [-0.05, 0) is 17.7 Å². The summed E-state index contributed by atoms with van der Waals surface area (Å²) in [7, 11) is -3.34. The summed E-state index contributed by atoms with van der Waals surface area (Å²) in [5.41, 5.74) is 7.96. The van der Waals surface area contributed by atoms with Crippen molar-refractivity contribution in [3.63, 3.8) is 0 Å². The van der Waals surface area contributed by atoms with Gasteiger partial charge in [-0.25, -0.2) is 13.4 Å². The summed E-state index contributed by atoms with van der Waals surface area (Å²) in [6, 6.07) is 6.95. The minimum absolute atomic E-state index is 0.350. The molecule has 0 amide bonds. The molecule has 0 radical (unpaired) electrons. The van der Waals surface area contributed by atoms with Crippen LogP contribution in [0.1, 0.15) is 0 Å². The first-order chi connectivity index (χ1) is 11.4. The molecule has 128 valence electrons. The lowest BCUT2D eigenvalue weighted by atomic mass is 10.1. The molecule has 0 bridgehead atoms. The third kappa shape index (κ3) is 3.92. The van der Waals surface area contributed by atoms with E-state index in [0.717, 1.165) is 24.9 Å². The molecule has 0 spiro atoms. The molecule has 0 saturated carbocycles. The Morgan fingerprint density at radius 2 is 2.04 bits per heavy atom.